The predicted molar refractivity (Wildman–Crippen MR) is 81.2 cm³/mol. The normalized spacial score (nSPS) is 22.8. The van der Waals surface area contributed by atoms with Gasteiger partial charge in [0.2, 0.25) is 0 Å². The molecule has 2 atom stereocenters. The van der Waals surface area contributed by atoms with E-state index in [1.165, 1.54) is 0 Å². The average Bonchev–Trinajstić information content (AvgIpc) is 2.95. The maximum atomic E-state index is 12.0. The monoisotopic (exact) mass is 293 g/mol. The lowest BCUT2D eigenvalue weighted by Crippen LogP contribution is -2.46. The minimum absolute atomic E-state index is 0.0674. The summed E-state index contributed by atoms with van der Waals surface area (Å²) < 4.78 is 10.8. The summed E-state index contributed by atoms with van der Waals surface area (Å²) in [4.78, 5) is 12.0. The maximum absolute atomic E-state index is 12.0. The number of methoxy groups -OCH3 is 1. The average molecular weight is 293 g/mol. The molecule has 1 saturated heterocycles. The van der Waals surface area contributed by atoms with Crippen molar-refractivity contribution in [3.8, 4) is 0 Å². The first-order valence-corrected chi connectivity index (χ1v) is 7.08. The molecule has 2 rings (SSSR count). The number of hydrogen-bond acceptors (Lipinski definition) is 4. The highest BCUT2D eigenvalue weighted by Crippen LogP contribution is 2.21. The molecule has 0 radical (unpaired) electrons. The van der Waals surface area contributed by atoms with Crippen molar-refractivity contribution in [3.05, 3.63) is 29.8 Å². The lowest BCUT2D eigenvalue weighted by molar-refractivity contribution is -0.0135. The lowest BCUT2D eigenvalue weighted by atomic mass is 10.0. The van der Waals surface area contributed by atoms with E-state index in [0.717, 1.165) is 17.7 Å². The number of amides is 2. The standard InChI is InChI=1S/C15H23N3O3/c1-11(16)12-4-3-5-13(8-12)18-14(19)17-9-15(20-2)6-7-21-10-15/h3-5,8,11H,6-7,9-10,16H2,1-2H3,(H2,17,18,19). The van der Waals surface area contributed by atoms with E-state index in [2.05, 4.69) is 10.6 Å². The molecule has 1 aromatic rings. The van der Waals surface area contributed by atoms with Gasteiger partial charge in [-0.25, -0.2) is 4.79 Å². The van der Waals surface area contributed by atoms with Crippen molar-refractivity contribution in [2.24, 2.45) is 5.73 Å². The molecule has 2 unspecified atom stereocenters. The molecule has 0 aromatic heterocycles. The van der Waals surface area contributed by atoms with E-state index in [9.17, 15) is 4.79 Å². The number of ether oxygens (including phenoxy) is 2. The van der Waals surface area contributed by atoms with Gasteiger partial charge in [0.1, 0.15) is 5.60 Å². The number of anilines is 1. The van der Waals surface area contributed by atoms with Crippen LogP contribution in [0.3, 0.4) is 0 Å². The van der Waals surface area contributed by atoms with Crippen LogP contribution in [0, 0.1) is 0 Å². The Bertz CT molecular complexity index is 485. The molecule has 4 N–H and O–H groups in total. The van der Waals surface area contributed by atoms with E-state index < -0.39 is 5.60 Å². The van der Waals surface area contributed by atoms with Crippen LogP contribution in [0.4, 0.5) is 10.5 Å². The molecular formula is C15H23N3O3. The second-order valence-electron chi connectivity index (χ2n) is 5.41. The van der Waals surface area contributed by atoms with E-state index in [1.54, 1.807) is 7.11 Å². The van der Waals surface area contributed by atoms with Gasteiger partial charge in [-0.05, 0) is 24.6 Å². The van der Waals surface area contributed by atoms with Gasteiger partial charge in [-0.3, -0.25) is 0 Å². The summed E-state index contributed by atoms with van der Waals surface area (Å²) in [6, 6.07) is 7.17. The van der Waals surface area contributed by atoms with Crippen molar-refractivity contribution < 1.29 is 14.3 Å². The van der Waals surface area contributed by atoms with Crippen molar-refractivity contribution >= 4 is 11.7 Å². The Labute approximate surface area is 125 Å². The van der Waals surface area contributed by atoms with Crippen LogP contribution in [0.1, 0.15) is 24.9 Å². The van der Waals surface area contributed by atoms with Crippen molar-refractivity contribution in [2.75, 3.05) is 32.2 Å². The first-order chi connectivity index (χ1) is 10.0. The number of rotatable bonds is 5. The van der Waals surface area contributed by atoms with Gasteiger partial charge in [0, 0.05) is 31.9 Å². The van der Waals surface area contributed by atoms with Gasteiger partial charge in [-0.15, -0.1) is 0 Å². The predicted octanol–water partition coefficient (Wildman–Crippen LogP) is 1.63. The zero-order valence-electron chi connectivity index (χ0n) is 12.5. The van der Waals surface area contributed by atoms with Gasteiger partial charge in [-0.1, -0.05) is 12.1 Å². The van der Waals surface area contributed by atoms with Crippen LogP contribution in [0.2, 0.25) is 0 Å². The fourth-order valence-corrected chi connectivity index (χ4v) is 2.28. The Morgan fingerprint density at radius 2 is 2.38 bits per heavy atom. The van der Waals surface area contributed by atoms with Crippen LogP contribution in [0.15, 0.2) is 24.3 Å². The molecule has 6 heteroatoms. The van der Waals surface area contributed by atoms with E-state index in [-0.39, 0.29) is 12.1 Å². The Kier molecular flexibility index (Phi) is 5.17. The summed E-state index contributed by atoms with van der Waals surface area (Å²) in [6.45, 7) is 3.49. The number of nitrogens with two attached hydrogens (primary N) is 1. The van der Waals surface area contributed by atoms with Crippen LogP contribution in [0.25, 0.3) is 0 Å². The van der Waals surface area contributed by atoms with E-state index in [0.29, 0.717) is 19.8 Å². The molecule has 1 heterocycles. The number of nitrogens with one attached hydrogen (secondary N) is 2. The van der Waals surface area contributed by atoms with Gasteiger partial charge in [0.05, 0.1) is 13.2 Å². The third-order valence-corrected chi connectivity index (χ3v) is 3.74. The van der Waals surface area contributed by atoms with Crippen LogP contribution >= 0.6 is 0 Å². The van der Waals surface area contributed by atoms with E-state index in [4.69, 9.17) is 15.2 Å². The zero-order chi connectivity index (χ0) is 15.3. The van der Waals surface area contributed by atoms with Crippen LogP contribution in [0.5, 0.6) is 0 Å². The number of urea groups is 1. The Morgan fingerprint density at radius 1 is 1.57 bits per heavy atom. The summed E-state index contributed by atoms with van der Waals surface area (Å²) >= 11 is 0. The molecule has 1 fully saturated rings. The molecule has 0 spiro atoms. The molecule has 1 aliphatic heterocycles. The second kappa shape index (κ2) is 6.89. The lowest BCUT2D eigenvalue weighted by Gasteiger charge is -2.25. The summed E-state index contributed by atoms with van der Waals surface area (Å²) in [5.41, 5.74) is 7.12. The second-order valence-corrected chi connectivity index (χ2v) is 5.41. The third kappa shape index (κ3) is 4.17. The van der Waals surface area contributed by atoms with Crippen molar-refractivity contribution in [1.82, 2.24) is 5.32 Å². The number of carbonyl (C=O) groups excluding carboxylic acids is 1. The first kappa shape index (κ1) is 15.8. The summed E-state index contributed by atoms with van der Waals surface area (Å²) in [5.74, 6) is 0. The molecule has 0 bridgehead atoms. The smallest absolute Gasteiger partial charge is 0.319 e. The fourth-order valence-electron chi connectivity index (χ4n) is 2.28. The Morgan fingerprint density at radius 3 is 3.00 bits per heavy atom. The molecular weight excluding hydrogens is 270 g/mol. The van der Waals surface area contributed by atoms with Crippen molar-refractivity contribution in [2.45, 2.75) is 25.0 Å². The molecule has 116 valence electrons. The number of hydrogen-bond donors (Lipinski definition) is 3. The van der Waals surface area contributed by atoms with Crippen molar-refractivity contribution in [3.63, 3.8) is 0 Å². The van der Waals surface area contributed by atoms with Gasteiger partial charge >= 0.3 is 6.03 Å². The van der Waals surface area contributed by atoms with Crippen molar-refractivity contribution in [1.29, 1.82) is 0 Å². The quantitative estimate of drug-likeness (QED) is 0.770. The molecule has 0 saturated carbocycles. The fraction of sp³-hybridized carbons (Fsp3) is 0.533. The third-order valence-electron chi connectivity index (χ3n) is 3.74. The summed E-state index contributed by atoms with van der Waals surface area (Å²) in [5, 5.41) is 5.63. The SMILES string of the molecule is COC1(CNC(=O)Nc2cccc(C(C)N)c2)CCOC1. The van der Waals surface area contributed by atoms with Gasteiger partial charge in [0.25, 0.3) is 0 Å². The van der Waals surface area contributed by atoms with Crippen LogP contribution in [-0.4, -0.2) is 38.5 Å². The molecule has 21 heavy (non-hydrogen) atoms. The highest BCUT2D eigenvalue weighted by atomic mass is 16.5. The number of carbonyl (C=O) groups is 1. The van der Waals surface area contributed by atoms with E-state index >= 15 is 0 Å². The summed E-state index contributed by atoms with van der Waals surface area (Å²) in [6.07, 6.45) is 0.782. The van der Waals surface area contributed by atoms with Gasteiger partial charge in [0.15, 0.2) is 0 Å². The molecule has 1 aromatic carbocycles. The van der Waals surface area contributed by atoms with Gasteiger partial charge < -0.3 is 25.8 Å². The topological polar surface area (TPSA) is 85.6 Å². The highest BCUT2D eigenvalue weighted by molar-refractivity contribution is 5.89. The van der Waals surface area contributed by atoms with Crippen LogP contribution < -0.4 is 16.4 Å². The highest BCUT2D eigenvalue weighted by Gasteiger charge is 2.35. The zero-order valence-corrected chi connectivity index (χ0v) is 12.5. The van der Waals surface area contributed by atoms with Crippen LogP contribution in [-0.2, 0) is 9.47 Å². The Hall–Kier alpha value is -1.63. The number of benzene rings is 1. The molecule has 2 amide bonds. The molecule has 1 aliphatic rings. The first-order valence-electron chi connectivity index (χ1n) is 7.08. The van der Waals surface area contributed by atoms with Gasteiger partial charge in [-0.2, -0.15) is 0 Å². The largest absolute Gasteiger partial charge is 0.378 e. The maximum Gasteiger partial charge on any atom is 0.319 e. The molecule has 6 nitrogen and oxygen atoms in total. The molecule has 0 aliphatic carbocycles. The Balaban J connectivity index is 1.88. The minimum Gasteiger partial charge on any atom is -0.378 e. The van der Waals surface area contributed by atoms with E-state index in [1.807, 2.05) is 31.2 Å². The summed E-state index contributed by atoms with van der Waals surface area (Å²) in [7, 11) is 1.64. The minimum atomic E-state index is -0.412.